The molecule has 7 heteroatoms. The predicted molar refractivity (Wildman–Crippen MR) is 73.5 cm³/mol. The molecule has 1 rings (SSSR count). The predicted octanol–water partition coefficient (Wildman–Crippen LogP) is 2.03. The summed E-state index contributed by atoms with van der Waals surface area (Å²) in [6, 6.07) is 2.05. The molecule has 0 aliphatic carbocycles. The Morgan fingerprint density at radius 3 is 2.50 bits per heavy atom. The zero-order valence-corrected chi connectivity index (χ0v) is 12.3. The van der Waals surface area contributed by atoms with Crippen LogP contribution in [0.3, 0.4) is 0 Å². The lowest BCUT2D eigenvalue weighted by molar-refractivity contribution is 0.201. The number of rotatable bonds is 9. The van der Waals surface area contributed by atoms with E-state index in [9.17, 15) is 0 Å². The van der Waals surface area contributed by atoms with E-state index in [4.69, 9.17) is 31.2 Å². The van der Waals surface area contributed by atoms with Gasteiger partial charge in [0.15, 0.2) is 0 Å². The number of aliphatic hydroxyl groups is 1. The molecule has 1 saturated heterocycles. The number of aliphatic hydroxyl groups excluding tert-OH is 1. The van der Waals surface area contributed by atoms with E-state index < -0.39 is 6.64 Å². The minimum absolute atomic E-state index is 0.172. The van der Waals surface area contributed by atoms with Gasteiger partial charge in [-0.1, -0.05) is 0 Å². The highest BCUT2D eigenvalue weighted by molar-refractivity contribution is 8.08. The summed E-state index contributed by atoms with van der Waals surface area (Å²) in [5.74, 6) is 0. The minimum Gasteiger partial charge on any atom is -0.396 e. The molecule has 0 saturated carbocycles. The van der Waals surface area contributed by atoms with Crippen molar-refractivity contribution in [2.75, 3.05) is 32.9 Å². The normalized spacial score (nSPS) is 19.6. The largest absolute Gasteiger partial charge is 0.396 e. The molecule has 0 bridgehead atoms. The molecule has 0 radical (unpaired) electrons. The van der Waals surface area contributed by atoms with Crippen LogP contribution in [-0.2, 0) is 20.9 Å². The maximum Gasteiger partial charge on any atom is 0.263 e. The third-order valence-corrected chi connectivity index (χ3v) is 6.14. The van der Waals surface area contributed by atoms with Crippen molar-refractivity contribution in [3.05, 3.63) is 0 Å². The first-order chi connectivity index (χ1) is 8.73. The second-order valence-electron chi connectivity index (χ2n) is 4.13. The SMILES string of the molecule is N#CCCOP(=S)(OCCCCO)N1CCCC1. The molecule has 0 aromatic rings. The van der Waals surface area contributed by atoms with E-state index in [1.165, 1.54) is 0 Å². The van der Waals surface area contributed by atoms with Crippen molar-refractivity contribution in [1.82, 2.24) is 4.67 Å². The molecule has 5 nitrogen and oxygen atoms in total. The first kappa shape index (κ1) is 16.0. The van der Waals surface area contributed by atoms with Gasteiger partial charge in [0.25, 0.3) is 6.64 Å². The van der Waals surface area contributed by atoms with Crippen molar-refractivity contribution in [1.29, 1.82) is 5.26 Å². The molecule has 1 aliphatic heterocycles. The summed E-state index contributed by atoms with van der Waals surface area (Å²) in [5, 5.41) is 17.3. The fourth-order valence-corrected chi connectivity index (χ4v) is 4.54. The zero-order chi connectivity index (χ0) is 13.3. The molecule has 0 amide bonds. The average Bonchev–Trinajstić information content (AvgIpc) is 2.89. The van der Waals surface area contributed by atoms with Crippen LogP contribution in [0.1, 0.15) is 32.1 Å². The Hall–Kier alpha value is -0.0200. The van der Waals surface area contributed by atoms with Crippen LogP contribution in [-0.4, -0.2) is 42.7 Å². The third-order valence-electron chi connectivity index (χ3n) is 2.70. The monoisotopic (exact) mass is 292 g/mol. The molecule has 1 aliphatic rings. The van der Waals surface area contributed by atoms with E-state index in [2.05, 4.69) is 4.67 Å². The maximum atomic E-state index is 8.73. The van der Waals surface area contributed by atoms with Gasteiger partial charge in [0.2, 0.25) is 0 Å². The van der Waals surface area contributed by atoms with Crippen molar-refractivity contribution in [3.8, 4) is 6.07 Å². The van der Waals surface area contributed by atoms with E-state index >= 15 is 0 Å². The van der Waals surface area contributed by atoms with Gasteiger partial charge in [0.1, 0.15) is 0 Å². The smallest absolute Gasteiger partial charge is 0.263 e. The van der Waals surface area contributed by atoms with Gasteiger partial charge in [0, 0.05) is 19.7 Å². The number of hydrogen-bond acceptors (Lipinski definition) is 5. The second-order valence-corrected chi connectivity index (χ2v) is 7.54. The molecule has 1 unspecified atom stereocenters. The Bertz CT molecular complexity index is 316. The van der Waals surface area contributed by atoms with E-state index in [-0.39, 0.29) is 6.61 Å². The molecular weight excluding hydrogens is 271 g/mol. The average molecular weight is 292 g/mol. The van der Waals surface area contributed by atoms with Crippen LogP contribution in [0.5, 0.6) is 0 Å². The molecule has 1 atom stereocenters. The van der Waals surface area contributed by atoms with Crippen molar-refractivity contribution in [3.63, 3.8) is 0 Å². The minimum atomic E-state index is -2.40. The van der Waals surface area contributed by atoms with Gasteiger partial charge < -0.3 is 14.2 Å². The van der Waals surface area contributed by atoms with Crippen LogP contribution in [0.4, 0.5) is 0 Å². The molecule has 1 N–H and O–H groups in total. The third kappa shape index (κ3) is 5.31. The van der Waals surface area contributed by atoms with Gasteiger partial charge in [-0.15, -0.1) is 0 Å². The summed E-state index contributed by atoms with van der Waals surface area (Å²) in [5.41, 5.74) is 0. The van der Waals surface area contributed by atoms with Crippen LogP contribution in [0.25, 0.3) is 0 Å². The number of unbranched alkanes of at least 4 members (excludes halogenated alkanes) is 1. The molecule has 0 spiro atoms. The summed E-state index contributed by atoms with van der Waals surface area (Å²) in [6.45, 7) is 0.462. The Morgan fingerprint density at radius 2 is 1.89 bits per heavy atom. The Labute approximate surface area is 114 Å². The van der Waals surface area contributed by atoms with E-state index in [1.54, 1.807) is 0 Å². The highest BCUT2D eigenvalue weighted by Gasteiger charge is 2.30. The van der Waals surface area contributed by atoms with Crippen molar-refractivity contribution >= 4 is 18.4 Å². The second kappa shape index (κ2) is 8.98. The van der Waals surface area contributed by atoms with Crippen LogP contribution in [0.15, 0.2) is 0 Å². The van der Waals surface area contributed by atoms with Gasteiger partial charge in [-0.2, -0.15) is 5.26 Å². The summed E-state index contributed by atoms with van der Waals surface area (Å²) in [4.78, 5) is 0. The lowest BCUT2D eigenvalue weighted by Crippen LogP contribution is -2.20. The van der Waals surface area contributed by atoms with Gasteiger partial charge in [0.05, 0.1) is 25.7 Å². The first-order valence-electron chi connectivity index (χ1n) is 6.35. The van der Waals surface area contributed by atoms with E-state index in [0.29, 0.717) is 26.1 Å². The summed E-state index contributed by atoms with van der Waals surface area (Å²) < 4.78 is 13.6. The Morgan fingerprint density at radius 1 is 1.22 bits per heavy atom. The first-order valence-corrected chi connectivity index (χ1v) is 8.94. The number of nitrogens with zero attached hydrogens (tertiary/aromatic N) is 2. The van der Waals surface area contributed by atoms with E-state index in [0.717, 1.165) is 32.4 Å². The zero-order valence-electron chi connectivity index (χ0n) is 10.6. The molecule has 104 valence electrons. The molecule has 1 fully saturated rings. The van der Waals surface area contributed by atoms with Crippen molar-refractivity contribution in [2.45, 2.75) is 32.1 Å². The molecular formula is C11H21N2O3PS. The fraction of sp³-hybridized carbons (Fsp3) is 0.909. The molecule has 0 aromatic carbocycles. The van der Waals surface area contributed by atoms with Gasteiger partial charge in [-0.05, 0) is 37.5 Å². The quantitative estimate of drug-likeness (QED) is 0.518. The standard InChI is InChI=1S/C11H21N2O3PS/c12-6-5-11-16-17(18,13-7-1-2-8-13)15-10-4-3-9-14/h14H,1-5,7-11H2. The van der Waals surface area contributed by atoms with Crippen molar-refractivity contribution < 1.29 is 14.2 Å². The summed E-state index contributed by atoms with van der Waals surface area (Å²) in [7, 11) is 0. The highest BCUT2D eigenvalue weighted by Crippen LogP contribution is 2.54. The molecule has 0 aromatic heterocycles. The fourth-order valence-electron chi connectivity index (χ4n) is 1.75. The Balaban J connectivity index is 2.45. The lowest BCUT2D eigenvalue weighted by atomic mass is 10.3. The highest BCUT2D eigenvalue weighted by atomic mass is 32.5. The topological polar surface area (TPSA) is 65.7 Å². The Kier molecular flexibility index (Phi) is 8.00. The maximum absolute atomic E-state index is 8.73. The summed E-state index contributed by atoms with van der Waals surface area (Å²) >= 11 is 5.55. The van der Waals surface area contributed by atoms with Gasteiger partial charge in [-0.3, -0.25) is 0 Å². The number of nitriles is 1. The lowest BCUT2D eigenvalue weighted by Gasteiger charge is -2.30. The van der Waals surface area contributed by atoms with Crippen LogP contribution >= 0.6 is 6.64 Å². The van der Waals surface area contributed by atoms with Gasteiger partial charge >= 0.3 is 0 Å². The number of hydrogen-bond donors (Lipinski definition) is 1. The molecule has 18 heavy (non-hydrogen) atoms. The van der Waals surface area contributed by atoms with E-state index in [1.807, 2.05) is 6.07 Å². The van der Waals surface area contributed by atoms with Crippen LogP contribution in [0.2, 0.25) is 0 Å². The van der Waals surface area contributed by atoms with Gasteiger partial charge in [-0.25, -0.2) is 4.67 Å². The van der Waals surface area contributed by atoms with Crippen molar-refractivity contribution in [2.24, 2.45) is 0 Å². The summed E-state index contributed by atoms with van der Waals surface area (Å²) in [6.07, 6.45) is 4.09. The van der Waals surface area contributed by atoms with Crippen LogP contribution < -0.4 is 0 Å². The molecule has 1 heterocycles. The van der Waals surface area contributed by atoms with Crippen LogP contribution in [0, 0.1) is 11.3 Å².